The van der Waals surface area contributed by atoms with Gasteiger partial charge in [-0.25, -0.2) is 9.78 Å². The minimum Gasteiger partial charge on any atom is -0.394 e. The minimum absolute atomic E-state index is 0.0817. The van der Waals surface area contributed by atoms with Gasteiger partial charge in [0.2, 0.25) is 5.95 Å². The molecule has 2 aliphatic rings. The maximum Gasteiger partial charge on any atom is 0.330 e. The van der Waals surface area contributed by atoms with Crippen molar-refractivity contribution in [2.45, 2.75) is 50.5 Å². The molecule has 172 valence electrons. The summed E-state index contributed by atoms with van der Waals surface area (Å²) in [6.45, 7) is 0.211. The lowest BCUT2D eigenvalue weighted by Crippen LogP contribution is -2.46. The fraction of sp³-hybridized carbons (Fsp3) is 0.500. The van der Waals surface area contributed by atoms with Gasteiger partial charge in [0.1, 0.15) is 11.9 Å². The maximum atomic E-state index is 13.0. The third-order valence-electron chi connectivity index (χ3n) is 5.89. The van der Waals surface area contributed by atoms with Gasteiger partial charge in [-0.3, -0.25) is 9.80 Å². The molecule has 0 spiro atoms. The molecule has 2 aromatic rings. The van der Waals surface area contributed by atoms with Crippen LogP contribution in [0.1, 0.15) is 31.2 Å². The zero-order chi connectivity index (χ0) is 22.7. The van der Waals surface area contributed by atoms with Crippen LogP contribution in [-0.4, -0.2) is 64.7 Å². The van der Waals surface area contributed by atoms with Crippen molar-refractivity contribution in [2.75, 3.05) is 35.4 Å². The second-order valence-corrected chi connectivity index (χ2v) is 8.62. The monoisotopic (exact) mass is 461 g/mol. The van der Waals surface area contributed by atoms with Gasteiger partial charge >= 0.3 is 6.03 Å². The van der Waals surface area contributed by atoms with Crippen LogP contribution in [0.15, 0.2) is 30.5 Å². The number of aromatic nitrogens is 2. The van der Waals surface area contributed by atoms with Gasteiger partial charge < -0.3 is 20.3 Å². The maximum absolute atomic E-state index is 13.0. The Labute approximate surface area is 192 Å². The molecule has 1 saturated carbocycles. The summed E-state index contributed by atoms with van der Waals surface area (Å²) < 4.78 is 5.66. The summed E-state index contributed by atoms with van der Waals surface area (Å²) in [6, 6.07) is 7.27. The summed E-state index contributed by atoms with van der Waals surface area (Å²) in [7, 11) is 1.70. The van der Waals surface area contributed by atoms with E-state index >= 15 is 0 Å². The molecule has 1 aromatic heterocycles. The minimum atomic E-state index is -0.830. The van der Waals surface area contributed by atoms with Gasteiger partial charge in [-0.2, -0.15) is 4.98 Å². The van der Waals surface area contributed by atoms with Crippen molar-refractivity contribution in [2.24, 2.45) is 0 Å². The highest BCUT2D eigenvalue weighted by Crippen LogP contribution is 2.33. The number of benzene rings is 1. The van der Waals surface area contributed by atoms with E-state index in [0.29, 0.717) is 29.0 Å². The number of nitrogens with zero attached hydrogens (tertiary/aromatic N) is 4. The molecule has 1 fully saturated rings. The van der Waals surface area contributed by atoms with Crippen LogP contribution in [0.4, 0.5) is 22.2 Å². The molecule has 32 heavy (non-hydrogen) atoms. The van der Waals surface area contributed by atoms with Crippen molar-refractivity contribution < 1.29 is 19.7 Å². The van der Waals surface area contributed by atoms with Gasteiger partial charge in [-0.1, -0.05) is 23.7 Å². The third-order valence-corrected chi connectivity index (χ3v) is 6.21. The highest BCUT2D eigenvalue weighted by molar-refractivity contribution is 6.34. The van der Waals surface area contributed by atoms with Crippen LogP contribution in [0.2, 0.25) is 5.02 Å². The van der Waals surface area contributed by atoms with E-state index in [2.05, 4.69) is 15.3 Å². The van der Waals surface area contributed by atoms with Crippen LogP contribution < -0.4 is 15.1 Å². The van der Waals surface area contributed by atoms with Crippen LogP contribution in [0.5, 0.6) is 0 Å². The van der Waals surface area contributed by atoms with E-state index in [-0.39, 0.29) is 31.4 Å². The molecule has 1 aliphatic carbocycles. The quantitative estimate of drug-likeness (QED) is 0.581. The zero-order valence-electron chi connectivity index (χ0n) is 17.9. The van der Waals surface area contributed by atoms with Crippen molar-refractivity contribution in [1.29, 1.82) is 0 Å². The Balaban J connectivity index is 1.39. The lowest BCUT2D eigenvalue weighted by Gasteiger charge is -2.34. The van der Waals surface area contributed by atoms with E-state index in [1.165, 1.54) is 4.90 Å². The number of anilines is 3. The average Bonchev–Trinajstić information content (AvgIpc) is 2.81. The van der Waals surface area contributed by atoms with E-state index in [0.717, 1.165) is 31.2 Å². The molecule has 0 bridgehead atoms. The average molecular weight is 462 g/mol. The number of aliphatic hydroxyl groups is 2. The summed E-state index contributed by atoms with van der Waals surface area (Å²) in [6.07, 6.45) is 4.48. The predicted molar refractivity (Wildman–Crippen MR) is 122 cm³/mol. The SMILES string of the molecule is CN1C(=O)N(c2ccccc2Cl)Cc2cnc(NC3CCC(OCC(O)CO)CC3)nc21. The summed E-state index contributed by atoms with van der Waals surface area (Å²) >= 11 is 6.30. The Morgan fingerprint density at radius 3 is 2.75 bits per heavy atom. The third kappa shape index (κ3) is 4.96. The summed E-state index contributed by atoms with van der Waals surface area (Å²) in [5.41, 5.74) is 1.50. The summed E-state index contributed by atoms with van der Waals surface area (Å²) in [5.74, 6) is 1.08. The number of para-hydroxylation sites is 1. The number of hydrogen-bond donors (Lipinski definition) is 3. The van der Waals surface area contributed by atoms with Crippen molar-refractivity contribution in [3.05, 3.63) is 41.0 Å². The van der Waals surface area contributed by atoms with Crippen LogP contribution >= 0.6 is 11.6 Å². The van der Waals surface area contributed by atoms with Crippen molar-refractivity contribution in [3.8, 4) is 0 Å². The van der Waals surface area contributed by atoms with Gasteiger partial charge in [0.05, 0.1) is 36.6 Å². The highest BCUT2D eigenvalue weighted by atomic mass is 35.5. The standard InChI is InChI=1S/C22H28ClN5O4/c1-27-20-14(11-28(22(27)31)19-5-3-2-4-18(19)23)10-24-21(26-20)25-15-6-8-17(9-7-15)32-13-16(30)12-29/h2-5,10,15-17,29-30H,6-9,11-13H2,1H3,(H,24,25,26). The highest BCUT2D eigenvalue weighted by Gasteiger charge is 2.32. The number of nitrogens with one attached hydrogen (secondary N) is 1. The number of rotatable bonds is 7. The van der Waals surface area contributed by atoms with Crippen LogP contribution in [0.25, 0.3) is 0 Å². The Bertz CT molecular complexity index is 954. The van der Waals surface area contributed by atoms with E-state index in [4.69, 9.17) is 21.4 Å². The van der Waals surface area contributed by atoms with Gasteiger partial charge in [0.15, 0.2) is 0 Å². The topological polar surface area (TPSA) is 111 Å². The number of carbonyl (C=O) groups excluding carboxylic acids is 1. The number of fused-ring (bicyclic) bond motifs is 1. The molecule has 2 amide bonds. The number of carbonyl (C=O) groups is 1. The molecule has 9 nitrogen and oxygen atoms in total. The van der Waals surface area contributed by atoms with Gasteiger partial charge in [0.25, 0.3) is 0 Å². The second-order valence-electron chi connectivity index (χ2n) is 8.21. The number of aliphatic hydroxyl groups excluding tert-OH is 2. The number of hydrogen-bond acceptors (Lipinski definition) is 7. The van der Waals surface area contributed by atoms with Crippen molar-refractivity contribution in [3.63, 3.8) is 0 Å². The smallest absolute Gasteiger partial charge is 0.330 e. The largest absolute Gasteiger partial charge is 0.394 e. The number of amides is 2. The van der Waals surface area contributed by atoms with Crippen molar-refractivity contribution in [1.82, 2.24) is 9.97 Å². The van der Waals surface area contributed by atoms with E-state index in [9.17, 15) is 9.90 Å². The molecule has 1 aliphatic heterocycles. The normalized spacial score (nSPS) is 21.9. The first-order valence-electron chi connectivity index (χ1n) is 10.8. The lowest BCUT2D eigenvalue weighted by atomic mass is 9.93. The Kier molecular flexibility index (Phi) is 7.10. The number of ether oxygens (including phenoxy) is 1. The molecule has 2 heterocycles. The fourth-order valence-electron chi connectivity index (χ4n) is 4.09. The first kappa shape index (κ1) is 22.7. The molecular formula is C22H28ClN5O4. The van der Waals surface area contributed by atoms with E-state index < -0.39 is 6.10 Å². The van der Waals surface area contributed by atoms with E-state index in [1.54, 1.807) is 24.2 Å². The van der Waals surface area contributed by atoms with Gasteiger partial charge in [0, 0.05) is 24.8 Å². The fourth-order valence-corrected chi connectivity index (χ4v) is 4.33. The van der Waals surface area contributed by atoms with Crippen molar-refractivity contribution >= 4 is 35.1 Å². The predicted octanol–water partition coefficient (Wildman–Crippen LogP) is 2.80. The molecule has 1 aromatic carbocycles. The summed E-state index contributed by atoms with van der Waals surface area (Å²) in [4.78, 5) is 25.2. The first-order chi connectivity index (χ1) is 15.5. The van der Waals surface area contributed by atoms with Gasteiger partial charge in [-0.05, 0) is 37.8 Å². The molecule has 0 saturated heterocycles. The number of halogens is 1. The van der Waals surface area contributed by atoms with Gasteiger partial charge in [-0.15, -0.1) is 0 Å². The molecule has 0 radical (unpaired) electrons. The number of urea groups is 1. The molecule has 1 atom stereocenters. The molecule has 1 unspecified atom stereocenters. The lowest BCUT2D eigenvalue weighted by molar-refractivity contribution is -0.0404. The Morgan fingerprint density at radius 2 is 2.03 bits per heavy atom. The van der Waals surface area contributed by atoms with Crippen LogP contribution in [-0.2, 0) is 11.3 Å². The second kappa shape index (κ2) is 9.99. The molecule has 4 rings (SSSR count). The molecular weight excluding hydrogens is 434 g/mol. The first-order valence-corrected chi connectivity index (χ1v) is 11.2. The van der Waals surface area contributed by atoms with Crippen LogP contribution in [0.3, 0.4) is 0 Å². The Morgan fingerprint density at radius 1 is 1.28 bits per heavy atom. The van der Waals surface area contributed by atoms with Crippen LogP contribution in [0, 0.1) is 0 Å². The molecule has 10 heteroatoms. The Hall–Kier alpha value is -2.46. The molecule has 3 N–H and O–H groups in total. The summed E-state index contributed by atoms with van der Waals surface area (Å²) in [5, 5.41) is 22.2. The van der Waals surface area contributed by atoms with E-state index in [1.807, 2.05) is 18.2 Å². The zero-order valence-corrected chi connectivity index (χ0v) is 18.7.